The fourth-order valence-corrected chi connectivity index (χ4v) is 0.241. The molecule has 0 amide bonds. The number of hydrogen-bond donors (Lipinski definition) is 1. The second kappa shape index (κ2) is 11.2. The first-order valence-corrected chi connectivity index (χ1v) is 1.49. The van der Waals surface area contributed by atoms with Gasteiger partial charge in [-0.2, -0.15) is 18.3 Å². The quantitative estimate of drug-likeness (QED) is 0.266. The van der Waals surface area contributed by atoms with Crippen molar-refractivity contribution in [2.75, 3.05) is 0 Å². The molecule has 0 aliphatic carbocycles. The van der Waals surface area contributed by atoms with E-state index in [4.69, 9.17) is 0 Å². The van der Waals surface area contributed by atoms with E-state index in [2.05, 4.69) is 11.2 Å². The normalized spacial score (nSPS) is 5.00. The van der Waals surface area contributed by atoms with Crippen molar-refractivity contribution in [2.45, 2.75) is 0 Å². The SMILES string of the molecule is [I-].[I-].[Os+2].[c-]1ccc[nH]1. The molecule has 8 heavy (non-hydrogen) atoms. The van der Waals surface area contributed by atoms with Gasteiger partial charge in [-0.3, -0.25) is 0 Å². The number of nitrogens with one attached hydrogen (secondary N) is 1. The summed E-state index contributed by atoms with van der Waals surface area (Å²) in [5, 5.41) is 0. The van der Waals surface area contributed by atoms with Crippen molar-refractivity contribution in [3.05, 3.63) is 24.5 Å². The molecule has 0 radical (unpaired) electrons. The molecule has 0 unspecified atom stereocenters. The minimum absolute atomic E-state index is 0. The van der Waals surface area contributed by atoms with Gasteiger partial charge in [0.25, 0.3) is 0 Å². The van der Waals surface area contributed by atoms with Gasteiger partial charge in [-0.1, -0.05) is 0 Å². The molecule has 0 spiro atoms. The number of aromatic nitrogens is 1. The summed E-state index contributed by atoms with van der Waals surface area (Å²) in [5.74, 6) is 0. The number of hydrogen-bond acceptors (Lipinski definition) is 0. The van der Waals surface area contributed by atoms with Crippen molar-refractivity contribution in [1.29, 1.82) is 0 Å². The molecule has 1 rings (SSSR count). The summed E-state index contributed by atoms with van der Waals surface area (Å²) >= 11 is 0. The minimum Gasteiger partial charge on any atom is -1.00 e. The van der Waals surface area contributed by atoms with Crippen molar-refractivity contribution in [3.63, 3.8) is 0 Å². The zero-order valence-electron chi connectivity index (χ0n) is 3.84. The molecule has 4 heteroatoms. The van der Waals surface area contributed by atoms with E-state index in [1.807, 2.05) is 18.3 Å². The Morgan fingerprint density at radius 3 is 2.00 bits per heavy atom. The van der Waals surface area contributed by atoms with Gasteiger partial charge in [-0.05, 0) is 0 Å². The van der Waals surface area contributed by atoms with Crippen LogP contribution >= 0.6 is 0 Å². The third-order valence-corrected chi connectivity index (χ3v) is 0.442. The monoisotopic (exact) mass is 512 g/mol. The molecule has 0 saturated heterocycles. The van der Waals surface area contributed by atoms with Gasteiger partial charge < -0.3 is 52.9 Å². The molecule has 0 fully saturated rings. The predicted molar refractivity (Wildman–Crippen MR) is 19.6 cm³/mol. The Morgan fingerprint density at radius 1 is 1.25 bits per heavy atom. The third-order valence-electron chi connectivity index (χ3n) is 0.442. The van der Waals surface area contributed by atoms with Crippen LogP contribution in [-0.2, 0) is 19.8 Å². The number of halogens is 2. The van der Waals surface area contributed by atoms with Crippen molar-refractivity contribution in [1.82, 2.24) is 4.98 Å². The van der Waals surface area contributed by atoms with Gasteiger partial charge in [0.2, 0.25) is 0 Å². The first-order chi connectivity index (χ1) is 2.50. The van der Waals surface area contributed by atoms with Gasteiger partial charge >= 0.3 is 19.8 Å². The van der Waals surface area contributed by atoms with Gasteiger partial charge in [-0.15, -0.1) is 6.20 Å². The molecule has 1 N–H and O–H groups in total. The molecule has 1 aromatic heterocycles. The van der Waals surface area contributed by atoms with Crippen LogP contribution in [0.4, 0.5) is 0 Å². The Hall–Kier alpha value is 1.38. The predicted octanol–water partition coefficient (Wildman–Crippen LogP) is -5.18. The topological polar surface area (TPSA) is 15.8 Å². The third kappa shape index (κ3) is 7.38. The van der Waals surface area contributed by atoms with E-state index in [1.165, 1.54) is 0 Å². The van der Waals surface area contributed by atoms with Gasteiger partial charge in [0.1, 0.15) is 0 Å². The Bertz CT molecular complexity index is 70.5. The molecule has 1 nitrogen and oxygen atoms in total. The largest absolute Gasteiger partial charge is 2.00 e. The van der Waals surface area contributed by atoms with E-state index in [1.54, 1.807) is 0 Å². The Kier molecular flexibility index (Phi) is 22.7. The van der Waals surface area contributed by atoms with Crippen LogP contribution in [-0.4, -0.2) is 4.98 Å². The number of H-pyrrole nitrogens is 1. The van der Waals surface area contributed by atoms with Crippen LogP contribution in [0.25, 0.3) is 0 Å². The molecule has 0 bridgehead atoms. The number of rotatable bonds is 0. The second-order valence-corrected chi connectivity index (χ2v) is 0.814. The average Bonchev–Trinajstić information content (AvgIpc) is 1.76. The number of aromatic amines is 1. The fraction of sp³-hybridized carbons (Fsp3) is 0. The van der Waals surface area contributed by atoms with Crippen LogP contribution in [0, 0.1) is 6.20 Å². The van der Waals surface area contributed by atoms with Crippen molar-refractivity contribution < 1.29 is 67.7 Å². The summed E-state index contributed by atoms with van der Waals surface area (Å²) in [5.41, 5.74) is 0. The molecule has 1 aromatic rings. The fourth-order valence-electron chi connectivity index (χ4n) is 0.241. The smallest absolute Gasteiger partial charge is 1.00 e. The first kappa shape index (κ1) is 16.2. The maximum absolute atomic E-state index is 2.74. The van der Waals surface area contributed by atoms with E-state index in [0.29, 0.717) is 0 Å². The van der Waals surface area contributed by atoms with E-state index >= 15 is 0 Å². The van der Waals surface area contributed by atoms with Crippen LogP contribution in [0.15, 0.2) is 18.3 Å². The maximum Gasteiger partial charge on any atom is 2.00 e. The molecule has 0 atom stereocenters. The molecule has 1 heterocycles. The van der Waals surface area contributed by atoms with Crippen LogP contribution in [0.3, 0.4) is 0 Å². The molecule has 0 saturated carbocycles. The van der Waals surface area contributed by atoms with Crippen molar-refractivity contribution in [3.8, 4) is 0 Å². The van der Waals surface area contributed by atoms with E-state index in [-0.39, 0.29) is 67.7 Å². The maximum atomic E-state index is 2.74. The van der Waals surface area contributed by atoms with Crippen LogP contribution in [0.2, 0.25) is 0 Å². The Morgan fingerprint density at radius 2 is 1.88 bits per heavy atom. The molecule has 48 valence electrons. The Balaban J connectivity index is -0.0000000833. The van der Waals surface area contributed by atoms with Crippen LogP contribution in [0.1, 0.15) is 0 Å². The van der Waals surface area contributed by atoms with Crippen LogP contribution in [0.5, 0.6) is 0 Å². The summed E-state index contributed by atoms with van der Waals surface area (Å²) in [4.78, 5) is 2.74. The van der Waals surface area contributed by atoms with Crippen molar-refractivity contribution in [2.24, 2.45) is 0 Å². The summed E-state index contributed by atoms with van der Waals surface area (Å²) < 4.78 is 0. The van der Waals surface area contributed by atoms with Gasteiger partial charge in [0.15, 0.2) is 0 Å². The minimum atomic E-state index is 0. The zero-order chi connectivity index (χ0) is 3.54. The van der Waals surface area contributed by atoms with Crippen LogP contribution < -0.4 is 48.0 Å². The van der Waals surface area contributed by atoms with E-state index in [0.717, 1.165) is 0 Å². The molecule has 0 aromatic carbocycles. The first-order valence-electron chi connectivity index (χ1n) is 1.49. The molecule has 0 aliphatic heterocycles. The standard InChI is InChI=1S/C4H4N.2HI.Os/c1-2-4-5-3-1;;;/h1-3,5H;2*1H;/q-1;;;+2/p-2. The summed E-state index contributed by atoms with van der Waals surface area (Å²) in [7, 11) is 0. The molecular formula is C4H4I2NOs-. The summed E-state index contributed by atoms with van der Waals surface area (Å²) in [6, 6.07) is 3.71. The molecule has 0 aliphatic rings. The summed E-state index contributed by atoms with van der Waals surface area (Å²) in [6.45, 7) is 0. The Labute approximate surface area is 96.1 Å². The zero-order valence-corrected chi connectivity index (χ0v) is 10.7. The van der Waals surface area contributed by atoms with E-state index in [9.17, 15) is 0 Å². The van der Waals surface area contributed by atoms with Gasteiger partial charge in [-0.25, -0.2) is 0 Å². The molecular weight excluding hydrogens is 506 g/mol. The van der Waals surface area contributed by atoms with E-state index < -0.39 is 0 Å². The second-order valence-electron chi connectivity index (χ2n) is 0.814. The average molecular weight is 510 g/mol. The van der Waals surface area contributed by atoms with Crippen molar-refractivity contribution >= 4 is 0 Å². The summed E-state index contributed by atoms with van der Waals surface area (Å²) in [6.07, 6.45) is 4.56. The van der Waals surface area contributed by atoms with Gasteiger partial charge in [0.05, 0.1) is 0 Å². The van der Waals surface area contributed by atoms with Gasteiger partial charge in [0, 0.05) is 0 Å².